The summed E-state index contributed by atoms with van der Waals surface area (Å²) >= 11 is 5.87. The number of aryl methyl sites for hydroxylation is 1. The van der Waals surface area contributed by atoms with Gasteiger partial charge in [0.1, 0.15) is 11.6 Å². The van der Waals surface area contributed by atoms with Crippen LogP contribution in [-0.2, 0) is 0 Å². The fourth-order valence-corrected chi connectivity index (χ4v) is 2.53. The number of nitrogens with zero attached hydrogens (tertiary/aromatic N) is 3. The monoisotopic (exact) mass is 315 g/mol. The third kappa shape index (κ3) is 2.74. The van der Waals surface area contributed by atoms with Crippen LogP contribution in [0.25, 0.3) is 11.4 Å². The first kappa shape index (κ1) is 14.7. The van der Waals surface area contributed by atoms with Gasteiger partial charge in [0.05, 0.1) is 16.8 Å². The second kappa shape index (κ2) is 5.89. The average molecular weight is 316 g/mol. The van der Waals surface area contributed by atoms with E-state index in [1.807, 2.05) is 42.9 Å². The second-order valence-electron chi connectivity index (χ2n) is 5.22. The summed E-state index contributed by atoms with van der Waals surface area (Å²) in [6, 6.07) is 8.67. The van der Waals surface area contributed by atoms with Crippen LogP contribution in [-0.4, -0.2) is 14.5 Å². The number of aromatic nitrogens is 3. The Morgan fingerprint density at radius 2 is 2.00 bits per heavy atom. The first-order valence-electron chi connectivity index (χ1n) is 6.97. The van der Waals surface area contributed by atoms with Crippen molar-refractivity contribution in [1.82, 2.24) is 14.5 Å². The Bertz CT molecular complexity index is 796. The first-order valence-corrected chi connectivity index (χ1v) is 7.35. The van der Waals surface area contributed by atoms with Gasteiger partial charge in [-0.1, -0.05) is 17.7 Å². The molecule has 3 nitrogen and oxygen atoms in total. The summed E-state index contributed by atoms with van der Waals surface area (Å²) in [4.78, 5) is 8.84. The zero-order chi connectivity index (χ0) is 15.7. The maximum absolute atomic E-state index is 13.3. The second-order valence-corrected chi connectivity index (χ2v) is 5.63. The lowest BCUT2D eigenvalue weighted by molar-refractivity contribution is 0.623. The first-order chi connectivity index (χ1) is 10.6. The minimum absolute atomic E-state index is 0.0157. The molecule has 112 valence electrons. The lowest BCUT2D eigenvalue weighted by atomic mass is 10.1. The molecule has 1 unspecified atom stereocenters. The summed E-state index contributed by atoms with van der Waals surface area (Å²) in [5.41, 5.74) is 2.83. The number of benzene rings is 1. The van der Waals surface area contributed by atoms with E-state index < -0.39 is 5.82 Å². The van der Waals surface area contributed by atoms with Crippen LogP contribution in [0.1, 0.15) is 24.2 Å². The Labute approximate surface area is 133 Å². The molecule has 0 aliphatic carbocycles. The summed E-state index contributed by atoms with van der Waals surface area (Å²) in [5.74, 6) is 0.300. The summed E-state index contributed by atoms with van der Waals surface area (Å²) in [7, 11) is 0. The van der Waals surface area contributed by atoms with E-state index in [1.165, 1.54) is 6.07 Å². The van der Waals surface area contributed by atoms with Gasteiger partial charge in [-0.3, -0.25) is 4.98 Å². The molecule has 1 aromatic carbocycles. The van der Waals surface area contributed by atoms with E-state index in [4.69, 9.17) is 11.6 Å². The van der Waals surface area contributed by atoms with Crippen LogP contribution < -0.4 is 0 Å². The van der Waals surface area contributed by atoms with E-state index in [0.29, 0.717) is 0 Å². The largest absolute Gasteiger partial charge is 0.322 e. The highest BCUT2D eigenvalue weighted by Gasteiger charge is 2.15. The van der Waals surface area contributed by atoms with Gasteiger partial charge in [-0.15, -0.1) is 0 Å². The maximum Gasteiger partial charge on any atom is 0.141 e. The van der Waals surface area contributed by atoms with Crippen LogP contribution in [0.2, 0.25) is 5.02 Å². The molecule has 5 heteroatoms. The van der Waals surface area contributed by atoms with Gasteiger partial charge < -0.3 is 4.57 Å². The van der Waals surface area contributed by atoms with Gasteiger partial charge >= 0.3 is 0 Å². The van der Waals surface area contributed by atoms with Gasteiger partial charge in [0.15, 0.2) is 0 Å². The molecule has 1 atom stereocenters. The van der Waals surface area contributed by atoms with Crippen molar-refractivity contribution in [3.05, 3.63) is 71.0 Å². The Balaban J connectivity index is 2.01. The maximum atomic E-state index is 13.3. The van der Waals surface area contributed by atoms with Crippen LogP contribution >= 0.6 is 11.6 Å². The van der Waals surface area contributed by atoms with Gasteiger partial charge in [-0.25, -0.2) is 9.37 Å². The zero-order valence-corrected chi connectivity index (χ0v) is 13.0. The average Bonchev–Trinajstić information content (AvgIpc) is 2.99. The molecule has 0 aliphatic rings. The lowest BCUT2D eigenvalue weighted by Crippen LogP contribution is -2.09. The van der Waals surface area contributed by atoms with Crippen LogP contribution in [0.15, 0.2) is 48.9 Å². The molecule has 0 radical (unpaired) electrons. The molecule has 3 rings (SSSR count). The number of imidazole rings is 1. The van der Waals surface area contributed by atoms with Gasteiger partial charge in [0, 0.05) is 24.2 Å². The van der Waals surface area contributed by atoms with Crippen molar-refractivity contribution in [3.63, 3.8) is 0 Å². The summed E-state index contributed by atoms with van der Waals surface area (Å²) in [6.45, 7) is 4.05. The number of rotatable bonds is 3. The number of hydrogen-bond acceptors (Lipinski definition) is 2. The molecule has 2 aromatic heterocycles. The van der Waals surface area contributed by atoms with Crippen molar-refractivity contribution in [1.29, 1.82) is 0 Å². The topological polar surface area (TPSA) is 30.7 Å². The van der Waals surface area contributed by atoms with Crippen molar-refractivity contribution in [2.45, 2.75) is 19.9 Å². The molecular weight excluding hydrogens is 301 g/mol. The lowest BCUT2D eigenvalue weighted by Gasteiger charge is -2.16. The molecule has 0 saturated heterocycles. The molecular formula is C17H15ClFN3. The van der Waals surface area contributed by atoms with Crippen molar-refractivity contribution in [3.8, 4) is 11.4 Å². The SMILES string of the molecule is Cc1ccc(C(C)n2ccnc2-c2ccc(F)c(Cl)c2)nc1. The highest BCUT2D eigenvalue weighted by atomic mass is 35.5. The van der Waals surface area contributed by atoms with Crippen LogP contribution in [0.3, 0.4) is 0 Å². The van der Waals surface area contributed by atoms with Crippen LogP contribution in [0.4, 0.5) is 4.39 Å². The number of halogens is 2. The van der Waals surface area contributed by atoms with E-state index in [2.05, 4.69) is 9.97 Å². The molecule has 0 amide bonds. The summed E-state index contributed by atoms with van der Waals surface area (Å²) in [5, 5.41) is 0.0909. The molecule has 3 aromatic rings. The highest BCUT2D eigenvalue weighted by Crippen LogP contribution is 2.27. The normalized spacial score (nSPS) is 12.4. The Kier molecular flexibility index (Phi) is 3.94. The summed E-state index contributed by atoms with van der Waals surface area (Å²) in [6.07, 6.45) is 5.45. The smallest absolute Gasteiger partial charge is 0.141 e. The fraction of sp³-hybridized carbons (Fsp3) is 0.176. The summed E-state index contributed by atoms with van der Waals surface area (Å²) < 4.78 is 15.3. The van der Waals surface area contributed by atoms with E-state index >= 15 is 0 Å². The Morgan fingerprint density at radius 3 is 2.68 bits per heavy atom. The quantitative estimate of drug-likeness (QED) is 0.704. The Morgan fingerprint density at radius 1 is 1.18 bits per heavy atom. The predicted molar refractivity (Wildman–Crippen MR) is 85.4 cm³/mol. The van der Waals surface area contributed by atoms with Gasteiger partial charge in [0.2, 0.25) is 0 Å². The molecule has 0 fully saturated rings. The van der Waals surface area contributed by atoms with Gasteiger partial charge in [-0.2, -0.15) is 0 Å². The van der Waals surface area contributed by atoms with Crippen molar-refractivity contribution >= 4 is 11.6 Å². The molecule has 0 saturated carbocycles. The zero-order valence-electron chi connectivity index (χ0n) is 12.3. The molecule has 0 aliphatic heterocycles. The predicted octanol–water partition coefficient (Wildman–Crippen LogP) is 4.66. The van der Waals surface area contributed by atoms with Gasteiger partial charge in [-0.05, 0) is 43.7 Å². The minimum atomic E-state index is -0.434. The van der Waals surface area contributed by atoms with Gasteiger partial charge in [0.25, 0.3) is 0 Å². The standard InChI is InChI=1S/C17H15ClFN3/c1-11-3-6-16(21-10-11)12(2)22-8-7-20-17(22)13-4-5-15(19)14(18)9-13/h3-10,12H,1-2H3. The van der Waals surface area contributed by atoms with Crippen LogP contribution in [0.5, 0.6) is 0 Å². The van der Waals surface area contributed by atoms with E-state index in [0.717, 1.165) is 22.6 Å². The van der Waals surface area contributed by atoms with Crippen molar-refractivity contribution in [2.75, 3.05) is 0 Å². The fourth-order valence-electron chi connectivity index (χ4n) is 2.35. The third-order valence-electron chi connectivity index (χ3n) is 3.63. The van der Waals surface area contributed by atoms with E-state index in [1.54, 1.807) is 18.3 Å². The molecule has 2 heterocycles. The highest BCUT2D eigenvalue weighted by molar-refractivity contribution is 6.31. The molecule has 0 spiro atoms. The third-order valence-corrected chi connectivity index (χ3v) is 3.92. The van der Waals surface area contributed by atoms with Crippen LogP contribution in [0, 0.1) is 12.7 Å². The van der Waals surface area contributed by atoms with Crippen molar-refractivity contribution < 1.29 is 4.39 Å². The number of pyridine rings is 1. The molecule has 22 heavy (non-hydrogen) atoms. The number of hydrogen-bond donors (Lipinski definition) is 0. The minimum Gasteiger partial charge on any atom is -0.322 e. The Hall–Kier alpha value is -2.20. The van der Waals surface area contributed by atoms with Crippen molar-refractivity contribution in [2.24, 2.45) is 0 Å². The molecule has 0 N–H and O–H groups in total. The molecule has 0 bridgehead atoms. The van der Waals surface area contributed by atoms with E-state index in [-0.39, 0.29) is 11.1 Å². The van der Waals surface area contributed by atoms with E-state index in [9.17, 15) is 4.39 Å².